The molecule has 0 rings (SSSR count). The standard InChI is InChI=1S/C14H27NO5/c1-2-3-4-5-6-7-10-20-13-15(11-16,12-17)9-8-14(18)19/h3-4,16-17H,2,5-13H2,1H3/p+1/b4-3+. The predicted octanol–water partition coefficient (Wildman–Crippen LogP) is 1.29. The van der Waals surface area contributed by atoms with Gasteiger partial charge in [-0.1, -0.05) is 19.1 Å². The maximum atomic E-state index is 10.6. The summed E-state index contributed by atoms with van der Waals surface area (Å²) in [4.78, 5) is 10.6. The first-order valence-electron chi connectivity index (χ1n) is 7.11. The summed E-state index contributed by atoms with van der Waals surface area (Å²) >= 11 is 0. The summed E-state index contributed by atoms with van der Waals surface area (Å²) in [6, 6.07) is 0. The first kappa shape index (κ1) is 19.1. The molecule has 0 bridgehead atoms. The molecule has 0 aliphatic rings. The number of hydrogen-bond acceptors (Lipinski definition) is 4. The molecule has 0 amide bonds. The molecule has 0 unspecified atom stereocenters. The molecule has 118 valence electrons. The topological polar surface area (TPSA) is 87.0 Å². The lowest BCUT2D eigenvalue weighted by Crippen LogP contribution is -2.52. The van der Waals surface area contributed by atoms with E-state index in [1.807, 2.05) is 0 Å². The van der Waals surface area contributed by atoms with Crippen molar-refractivity contribution in [2.24, 2.45) is 0 Å². The van der Waals surface area contributed by atoms with Gasteiger partial charge in [0.05, 0.1) is 19.6 Å². The number of hydrogen-bond donors (Lipinski definition) is 3. The average molecular weight is 290 g/mol. The van der Waals surface area contributed by atoms with Gasteiger partial charge in [-0.25, -0.2) is 0 Å². The van der Waals surface area contributed by atoms with Crippen molar-refractivity contribution in [1.82, 2.24) is 0 Å². The summed E-state index contributed by atoms with van der Waals surface area (Å²) < 4.78 is 5.30. The van der Waals surface area contributed by atoms with Crippen LogP contribution in [-0.2, 0) is 9.53 Å². The van der Waals surface area contributed by atoms with E-state index in [0.717, 1.165) is 25.7 Å². The summed E-state index contributed by atoms with van der Waals surface area (Å²) in [6.45, 7) is 2.27. The van der Waals surface area contributed by atoms with Crippen molar-refractivity contribution in [2.45, 2.75) is 39.0 Å². The Hall–Kier alpha value is -0.950. The third kappa shape index (κ3) is 9.03. The number of carboxylic acids is 1. The molecule has 0 aromatic rings. The highest BCUT2D eigenvalue weighted by molar-refractivity contribution is 5.66. The van der Waals surface area contributed by atoms with Crippen LogP contribution in [0.1, 0.15) is 39.0 Å². The number of quaternary nitrogens is 1. The Morgan fingerprint density at radius 1 is 1.20 bits per heavy atom. The number of allylic oxidation sites excluding steroid dienone is 2. The fourth-order valence-corrected chi connectivity index (χ4v) is 1.67. The Bertz CT molecular complexity index is 277. The smallest absolute Gasteiger partial charge is 0.309 e. The quantitative estimate of drug-likeness (QED) is 0.206. The van der Waals surface area contributed by atoms with Gasteiger partial charge in [0.2, 0.25) is 0 Å². The number of nitrogens with zero attached hydrogens (tertiary/aromatic N) is 1. The van der Waals surface area contributed by atoms with E-state index >= 15 is 0 Å². The zero-order chi connectivity index (χ0) is 15.3. The van der Waals surface area contributed by atoms with Crippen molar-refractivity contribution in [2.75, 3.05) is 33.3 Å². The number of carboxylic acid groups (broad SMARTS) is 1. The van der Waals surface area contributed by atoms with Crippen LogP contribution in [0.25, 0.3) is 0 Å². The van der Waals surface area contributed by atoms with Gasteiger partial charge >= 0.3 is 5.97 Å². The first-order valence-corrected chi connectivity index (χ1v) is 7.11. The van der Waals surface area contributed by atoms with Crippen LogP contribution >= 0.6 is 0 Å². The van der Waals surface area contributed by atoms with Crippen LogP contribution in [0.15, 0.2) is 12.2 Å². The first-order chi connectivity index (χ1) is 9.60. The van der Waals surface area contributed by atoms with Gasteiger partial charge in [0.1, 0.15) is 0 Å². The predicted molar refractivity (Wildman–Crippen MR) is 75.7 cm³/mol. The largest absolute Gasteiger partial charge is 0.481 e. The molecule has 20 heavy (non-hydrogen) atoms. The molecule has 0 aromatic heterocycles. The molecule has 0 fully saturated rings. The minimum atomic E-state index is -0.947. The zero-order valence-corrected chi connectivity index (χ0v) is 12.3. The van der Waals surface area contributed by atoms with Crippen LogP contribution in [0.4, 0.5) is 0 Å². The van der Waals surface area contributed by atoms with Crippen LogP contribution in [0.5, 0.6) is 0 Å². The number of rotatable bonds is 13. The molecule has 0 aliphatic heterocycles. The molecular weight excluding hydrogens is 262 g/mol. The van der Waals surface area contributed by atoms with Gasteiger partial charge in [-0.3, -0.25) is 9.28 Å². The van der Waals surface area contributed by atoms with Crippen LogP contribution in [0.2, 0.25) is 0 Å². The number of carbonyl (C=O) groups is 1. The molecule has 0 saturated carbocycles. The van der Waals surface area contributed by atoms with E-state index in [9.17, 15) is 15.0 Å². The fraction of sp³-hybridized carbons (Fsp3) is 0.786. The Kier molecular flexibility index (Phi) is 11.3. The molecule has 0 atom stereocenters. The van der Waals surface area contributed by atoms with Gasteiger partial charge in [-0.05, 0) is 25.7 Å². The van der Waals surface area contributed by atoms with Gasteiger partial charge in [-0.15, -0.1) is 0 Å². The van der Waals surface area contributed by atoms with E-state index in [1.165, 1.54) is 0 Å². The highest BCUT2D eigenvalue weighted by Gasteiger charge is 2.26. The van der Waals surface area contributed by atoms with E-state index < -0.39 is 5.97 Å². The zero-order valence-electron chi connectivity index (χ0n) is 12.3. The van der Waals surface area contributed by atoms with Crippen LogP contribution < -0.4 is 0 Å². The monoisotopic (exact) mass is 290 g/mol. The summed E-state index contributed by atoms with van der Waals surface area (Å²) in [6.07, 6.45) is 8.18. The fourth-order valence-electron chi connectivity index (χ4n) is 1.67. The van der Waals surface area contributed by atoms with E-state index in [0.29, 0.717) is 6.61 Å². The van der Waals surface area contributed by atoms with E-state index in [-0.39, 0.29) is 37.6 Å². The number of aliphatic hydroxyl groups is 2. The van der Waals surface area contributed by atoms with Gasteiger partial charge in [0.15, 0.2) is 20.2 Å². The van der Waals surface area contributed by atoms with Gasteiger partial charge in [0, 0.05) is 0 Å². The molecule has 0 spiro atoms. The highest BCUT2D eigenvalue weighted by Crippen LogP contribution is 2.07. The molecule has 0 radical (unpaired) electrons. The maximum Gasteiger partial charge on any atom is 0.309 e. The molecule has 0 heterocycles. The van der Waals surface area contributed by atoms with E-state index in [4.69, 9.17) is 9.84 Å². The summed E-state index contributed by atoms with van der Waals surface area (Å²) in [5.74, 6) is -0.947. The SMILES string of the molecule is CC/C=C/CCCCOC[N+](CO)(CO)CCC(=O)O. The van der Waals surface area contributed by atoms with Crippen LogP contribution in [0, 0.1) is 0 Å². The van der Waals surface area contributed by atoms with Crippen molar-refractivity contribution in [3.8, 4) is 0 Å². The summed E-state index contributed by atoms with van der Waals surface area (Å²) in [5, 5.41) is 27.3. The third-order valence-electron chi connectivity index (χ3n) is 3.08. The van der Waals surface area contributed by atoms with Crippen molar-refractivity contribution >= 4 is 5.97 Å². The second kappa shape index (κ2) is 11.8. The average Bonchev–Trinajstić information content (AvgIpc) is 2.45. The summed E-state index contributed by atoms with van der Waals surface area (Å²) in [5.41, 5.74) is 0. The van der Waals surface area contributed by atoms with Crippen molar-refractivity contribution in [3.05, 3.63) is 12.2 Å². The Balaban J connectivity index is 3.85. The maximum absolute atomic E-state index is 10.6. The number of ether oxygens (including phenoxy) is 1. The molecular formula is C14H28NO5+. The Morgan fingerprint density at radius 2 is 1.90 bits per heavy atom. The summed E-state index contributed by atoms with van der Waals surface area (Å²) in [7, 11) is 0. The molecule has 0 saturated heterocycles. The highest BCUT2D eigenvalue weighted by atomic mass is 16.5. The Labute approximate surface area is 120 Å². The van der Waals surface area contributed by atoms with Crippen molar-refractivity contribution < 1.29 is 29.3 Å². The molecule has 0 aromatic carbocycles. The van der Waals surface area contributed by atoms with Crippen molar-refractivity contribution in [1.29, 1.82) is 0 Å². The molecule has 3 N–H and O–H groups in total. The van der Waals surface area contributed by atoms with Gasteiger partial charge < -0.3 is 20.1 Å². The number of aliphatic hydroxyl groups excluding tert-OH is 2. The van der Waals surface area contributed by atoms with Gasteiger partial charge in [-0.2, -0.15) is 0 Å². The minimum Gasteiger partial charge on any atom is -0.481 e. The second-order valence-electron chi connectivity index (χ2n) is 4.90. The number of aliphatic carboxylic acids is 1. The Morgan fingerprint density at radius 3 is 2.45 bits per heavy atom. The lowest BCUT2D eigenvalue weighted by Gasteiger charge is -2.33. The normalized spacial score (nSPS) is 12.2. The van der Waals surface area contributed by atoms with Crippen LogP contribution in [-0.4, -0.2) is 59.1 Å². The van der Waals surface area contributed by atoms with Gasteiger partial charge in [0.25, 0.3) is 0 Å². The lowest BCUT2D eigenvalue weighted by molar-refractivity contribution is -0.976. The second-order valence-corrected chi connectivity index (χ2v) is 4.90. The van der Waals surface area contributed by atoms with Crippen molar-refractivity contribution in [3.63, 3.8) is 0 Å². The minimum absolute atomic E-state index is 0.105. The molecule has 6 heteroatoms. The van der Waals surface area contributed by atoms with E-state index in [2.05, 4.69) is 19.1 Å². The van der Waals surface area contributed by atoms with E-state index in [1.54, 1.807) is 0 Å². The lowest BCUT2D eigenvalue weighted by atomic mass is 10.2. The molecule has 0 aliphatic carbocycles. The van der Waals surface area contributed by atoms with Crippen LogP contribution in [0.3, 0.4) is 0 Å². The molecule has 6 nitrogen and oxygen atoms in total. The number of unbranched alkanes of at least 4 members (excludes halogenated alkanes) is 2. The third-order valence-corrected chi connectivity index (χ3v) is 3.08.